The van der Waals surface area contributed by atoms with Crippen LogP contribution in [0.25, 0.3) is 0 Å². The van der Waals surface area contributed by atoms with Gasteiger partial charge in [0, 0.05) is 18.1 Å². The summed E-state index contributed by atoms with van der Waals surface area (Å²) < 4.78 is 5.16. The molecule has 0 aromatic heterocycles. The molecule has 0 aliphatic rings. The van der Waals surface area contributed by atoms with Crippen LogP contribution in [0.5, 0.6) is 0 Å². The number of aliphatic hydroxyl groups is 1. The minimum atomic E-state index is -0.933. The second-order valence-electron chi connectivity index (χ2n) is 5.61. The molecular formula is C14H24O3. The average molecular weight is 240 g/mol. The third kappa shape index (κ3) is 4.00. The summed E-state index contributed by atoms with van der Waals surface area (Å²) in [5, 5.41) is 10.2. The summed E-state index contributed by atoms with van der Waals surface area (Å²) >= 11 is 0. The number of aliphatic hydroxyl groups excluding tert-OH is 1. The van der Waals surface area contributed by atoms with Gasteiger partial charge in [0.15, 0.2) is 5.78 Å². The van der Waals surface area contributed by atoms with Gasteiger partial charge in [-0.2, -0.15) is 0 Å². The van der Waals surface area contributed by atoms with Crippen molar-refractivity contribution in [3.05, 3.63) is 24.0 Å². The first-order chi connectivity index (χ1) is 7.57. The predicted molar refractivity (Wildman–Crippen MR) is 70.0 cm³/mol. The number of methoxy groups -OCH3 is 1. The fourth-order valence-corrected chi connectivity index (χ4v) is 1.35. The number of hydrogen-bond donors (Lipinski definition) is 1. The second-order valence-corrected chi connectivity index (χ2v) is 5.61. The first kappa shape index (κ1) is 15.9. The Morgan fingerprint density at radius 2 is 1.76 bits per heavy atom. The summed E-state index contributed by atoms with van der Waals surface area (Å²) in [5.74, 6) is -0.0974. The molecule has 0 aromatic carbocycles. The lowest BCUT2D eigenvalue weighted by Crippen LogP contribution is -2.36. The van der Waals surface area contributed by atoms with Gasteiger partial charge in [-0.05, 0) is 20.3 Å². The Kier molecular flexibility index (Phi) is 5.14. The van der Waals surface area contributed by atoms with E-state index in [0.717, 1.165) is 0 Å². The lowest BCUT2D eigenvalue weighted by Gasteiger charge is -2.26. The van der Waals surface area contributed by atoms with E-state index in [1.54, 1.807) is 19.9 Å². The van der Waals surface area contributed by atoms with Gasteiger partial charge in [-0.1, -0.05) is 26.8 Å². The topological polar surface area (TPSA) is 46.5 Å². The zero-order valence-corrected chi connectivity index (χ0v) is 11.8. The van der Waals surface area contributed by atoms with Gasteiger partial charge >= 0.3 is 0 Å². The highest BCUT2D eigenvalue weighted by molar-refractivity contribution is 6.02. The largest absolute Gasteiger partial charge is 0.511 e. The van der Waals surface area contributed by atoms with E-state index in [1.165, 1.54) is 7.11 Å². The quantitative estimate of drug-likeness (QED) is 0.455. The molecule has 17 heavy (non-hydrogen) atoms. The molecular weight excluding hydrogens is 216 g/mol. The molecule has 0 aromatic rings. The van der Waals surface area contributed by atoms with Crippen molar-refractivity contribution in [3.63, 3.8) is 0 Å². The highest BCUT2D eigenvalue weighted by Gasteiger charge is 2.33. The Bertz CT molecular complexity index is 330. The molecule has 0 saturated heterocycles. The third-order valence-electron chi connectivity index (χ3n) is 2.68. The van der Waals surface area contributed by atoms with Gasteiger partial charge in [-0.3, -0.25) is 4.79 Å². The number of allylic oxidation sites excluding steroid dienone is 2. The van der Waals surface area contributed by atoms with Crippen molar-refractivity contribution in [2.75, 3.05) is 7.11 Å². The molecule has 0 fully saturated rings. The van der Waals surface area contributed by atoms with E-state index >= 15 is 0 Å². The highest BCUT2D eigenvalue weighted by atomic mass is 16.5. The van der Waals surface area contributed by atoms with Crippen LogP contribution >= 0.6 is 0 Å². The fraction of sp³-hybridized carbons (Fsp3) is 0.643. The SMILES string of the molecule is C=CC/C(C(=O)C(C)(C)OC)=C(\O)C(C)(C)C. The number of ether oxygens (including phenoxy) is 1. The van der Waals surface area contributed by atoms with Gasteiger partial charge < -0.3 is 9.84 Å². The number of rotatable bonds is 5. The molecule has 1 N–H and O–H groups in total. The predicted octanol–water partition coefficient (Wildman–Crippen LogP) is 3.41. The van der Waals surface area contributed by atoms with E-state index in [9.17, 15) is 9.90 Å². The first-order valence-corrected chi connectivity index (χ1v) is 5.71. The maximum Gasteiger partial charge on any atom is 0.193 e. The smallest absolute Gasteiger partial charge is 0.193 e. The van der Waals surface area contributed by atoms with Crippen LogP contribution < -0.4 is 0 Å². The van der Waals surface area contributed by atoms with Crippen LogP contribution in [0, 0.1) is 5.41 Å². The molecule has 0 bridgehead atoms. The van der Waals surface area contributed by atoms with Crippen LogP contribution in [0.4, 0.5) is 0 Å². The van der Waals surface area contributed by atoms with Gasteiger partial charge in [0.2, 0.25) is 0 Å². The van der Waals surface area contributed by atoms with Crippen molar-refractivity contribution in [2.45, 2.75) is 46.6 Å². The standard InChI is InChI=1S/C14H24O3/c1-8-9-10(11(15)13(2,3)4)12(16)14(5,6)17-7/h8,15H,1,9H2,2-7H3/b11-10+. The van der Waals surface area contributed by atoms with E-state index < -0.39 is 11.0 Å². The van der Waals surface area contributed by atoms with Crippen molar-refractivity contribution in [2.24, 2.45) is 5.41 Å². The van der Waals surface area contributed by atoms with E-state index in [4.69, 9.17) is 4.74 Å². The molecule has 0 radical (unpaired) electrons. The van der Waals surface area contributed by atoms with Crippen LogP contribution in [-0.2, 0) is 9.53 Å². The van der Waals surface area contributed by atoms with Gasteiger partial charge in [0.1, 0.15) is 11.4 Å². The van der Waals surface area contributed by atoms with Gasteiger partial charge in [-0.25, -0.2) is 0 Å². The van der Waals surface area contributed by atoms with E-state index in [0.29, 0.717) is 12.0 Å². The highest BCUT2D eigenvalue weighted by Crippen LogP contribution is 2.30. The van der Waals surface area contributed by atoms with Crippen molar-refractivity contribution >= 4 is 5.78 Å². The summed E-state index contributed by atoms with van der Waals surface area (Å²) in [5.41, 5.74) is -1.02. The Hall–Kier alpha value is -1.09. The maximum atomic E-state index is 12.3. The Morgan fingerprint density at radius 1 is 1.29 bits per heavy atom. The molecule has 3 heteroatoms. The third-order valence-corrected chi connectivity index (χ3v) is 2.68. The molecule has 0 atom stereocenters. The first-order valence-electron chi connectivity index (χ1n) is 5.71. The van der Waals surface area contributed by atoms with E-state index in [2.05, 4.69) is 6.58 Å². The van der Waals surface area contributed by atoms with Crippen LogP contribution in [0.1, 0.15) is 41.0 Å². The van der Waals surface area contributed by atoms with Gasteiger partial charge in [-0.15, -0.1) is 6.58 Å². The van der Waals surface area contributed by atoms with Crippen LogP contribution in [0.15, 0.2) is 24.0 Å². The molecule has 98 valence electrons. The van der Waals surface area contributed by atoms with Crippen molar-refractivity contribution in [1.82, 2.24) is 0 Å². The molecule has 0 saturated carbocycles. The normalized spacial score (nSPS) is 14.2. The Morgan fingerprint density at radius 3 is 2.06 bits per heavy atom. The van der Waals surface area contributed by atoms with Crippen LogP contribution in [0.2, 0.25) is 0 Å². The maximum absolute atomic E-state index is 12.3. The molecule has 0 spiro atoms. The summed E-state index contributed by atoms with van der Waals surface area (Å²) in [6.07, 6.45) is 1.95. The molecule has 0 rings (SSSR count). The Labute approximate surface area is 104 Å². The van der Waals surface area contributed by atoms with Crippen molar-refractivity contribution < 1.29 is 14.6 Å². The van der Waals surface area contributed by atoms with E-state index in [1.807, 2.05) is 20.8 Å². The summed E-state index contributed by atoms with van der Waals surface area (Å²) in [6, 6.07) is 0. The Balaban J connectivity index is 5.55. The number of ketones is 1. The molecule has 0 aliphatic carbocycles. The molecule has 3 nitrogen and oxygen atoms in total. The summed E-state index contributed by atoms with van der Waals surface area (Å²) in [4.78, 5) is 12.3. The van der Waals surface area contributed by atoms with Gasteiger partial charge in [0.05, 0.1) is 0 Å². The molecule has 0 amide bonds. The lowest BCUT2D eigenvalue weighted by atomic mass is 9.85. The second kappa shape index (κ2) is 5.50. The van der Waals surface area contributed by atoms with Crippen molar-refractivity contribution in [1.29, 1.82) is 0 Å². The zero-order chi connectivity index (χ0) is 13.9. The molecule has 0 aliphatic heterocycles. The van der Waals surface area contributed by atoms with Gasteiger partial charge in [0.25, 0.3) is 0 Å². The average Bonchev–Trinajstić information content (AvgIpc) is 2.22. The van der Waals surface area contributed by atoms with Crippen LogP contribution in [-0.4, -0.2) is 23.6 Å². The summed E-state index contributed by atoms with van der Waals surface area (Å²) in [7, 11) is 1.48. The number of hydrogen-bond acceptors (Lipinski definition) is 3. The number of Topliss-reactive ketones (excluding diaryl/α,β-unsaturated/α-hetero) is 1. The molecule has 0 heterocycles. The molecule has 0 unspecified atom stereocenters. The van der Waals surface area contributed by atoms with Crippen molar-refractivity contribution in [3.8, 4) is 0 Å². The fourth-order valence-electron chi connectivity index (χ4n) is 1.35. The zero-order valence-electron chi connectivity index (χ0n) is 11.8. The van der Waals surface area contributed by atoms with E-state index in [-0.39, 0.29) is 11.5 Å². The van der Waals surface area contributed by atoms with Crippen LogP contribution in [0.3, 0.4) is 0 Å². The summed E-state index contributed by atoms with van der Waals surface area (Å²) in [6.45, 7) is 12.6. The minimum absolute atomic E-state index is 0.104. The minimum Gasteiger partial charge on any atom is -0.511 e. The monoisotopic (exact) mass is 240 g/mol. The number of carbonyl (C=O) groups is 1. The number of carbonyl (C=O) groups excluding carboxylic acids is 1. The lowest BCUT2D eigenvalue weighted by molar-refractivity contribution is -0.133.